The van der Waals surface area contributed by atoms with Crippen LogP contribution in [0.5, 0.6) is 0 Å². The maximum Gasteiger partial charge on any atom is 0.247 e. The Hall–Kier alpha value is -1.05. The van der Waals surface area contributed by atoms with Crippen LogP contribution in [-0.2, 0) is 4.79 Å². The number of rotatable bonds is 2. The standard InChI is InChI=1S/C6H9NO.C2H6/c1-4-6(8)7-5(2)3;1-2/h4H,1-2H2,3H3,(H,7,8);1-2H3. The van der Waals surface area contributed by atoms with E-state index in [-0.39, 0.29) is 5.91 Å². The normalized spacial score (nSPS) is 6.70. The fourth-order valence-corrected chi connectivity index (χ4v) is 0.261. The van der Waals surface area contributed by atoms with Crippen LogP contribution in [0.3, 0.4) is 0 Å². The van der Waals surface area contributed by atoms with Gasteiger partial charge in [-0.05, 0) is 13.0 Å². The molecule has 0 aromatic rings. The highest BCUT2D eigenvalue weighted by Gasteiger charge is 1.88. The van der Waals surface area contributed by atoms with Gasteiger partial charge in [0, 0.05) is 5.70 Å². The van der Waals surface area contributed by atoms with Gasteiger partial charge in [0.1, 0.15) is 0 Å². The molecule has 0 aliphatic rings. The molecule has 1 amide bonds. The van der Waals surface area contributed by atoms with Gasteiger partial charge in [-0.3, -0.25) is 4.79 Å². The monoisotopic (exact) mass is 141 g/mol. The summed E-state index contributed by atoms with van der Waals surface area (Å²) < 4.78 is 0. The highest BCUT2D eigenvalue weighted by molar-refractivity contribution is 5.88. The number of hydrogen-bond acceptors (Lipinski definition) is 1. The third kappa shape index (κ3) is 10.0. The Labute approximate surface area is 62.6 Å². The Bertz CT molecular complexity index is 127. The molecule has 0 saturated heterocycles. The number of allylic oxidation sites excluding steroid dienone is 1. The van der Waals surface area contributed by atoms with Gasteiger partial charge in [0.05, 0.1) is 0 Å². The van der Waals surface area contributed by atoms with Crippen molar-refractivity contribution in [1.29, 1.82) is 0 Å². The van der Waals surface area contributed by atoms with Crippen LogP contribution in [0.1, 0.15) is 20.8 Å². The Balaban J connectivity index is 0. The minimum Gasteiger partial charge on any atom is -0.327 e. The molecule has 0 heterocycles. The van der Waals surface area contributed by atoms with Crippen LogP contribution in [-0.4, -0.2) is 5.91 Å². The molecule has 0 radical (unpaired) electrons. The number of nitrogens with one attached hydrogen (secondary N) is 1. The molecule has 0 aliphatic heterocycles. The fourth-order valence-electron chi connectivity index (χ4n) is 0.261. The van der Waals surface area contributed by atoms with Crippen molar-refractivity contribution in [3.63, 3.8) is 0 Å². The summed E-state index contributed by atoms with van der Waals surface area (Å²) >= 11 is 0. The van der Waals surface area contributed by atoms with E-state index in [2.05, 4.69) is 18.5 Å². The van der Waals surface area contributed by atoms with Gasteiger partial charge in [0.2, 0.25) is 5.91 Å². The molecule has 58 valence electrons. The van der Waals surface area contributed by atoms with E-state index in [1.165, 1.54) is 6.08 Å². The molecule has 0 saturated carbocycles. The van der Waals surface area contributed by atoms with Crippen molar-refractivity contribution in [1.82, 2.24) is 5.32 Å². The van der Waals surface area contributed by atoms with Crippen molar-refractivity contribution in [2.24, 2.45) is 0 Å². The van der Waals surface area contributed by atoms with Gasteiger partial charge >= 0.3 is 0 Å². The lowest BCUT2D eigenvalue weighted by molar-refractivity contribution is -0.115. The molecule has 2 nitrogen and oxygen atoms in total. The van der Waals surface area contributed by atoms with E-state index in [0.29, 0.717) is 5.70 Å². The molecule has 0 spiro atoms. The summed E-state index contributed by atoms with van der Waals surface area (Å²) in [6.45, 7) is 12.4. The predicted molar refractivity (Wildman–Crippen MR) is 44.5 cm³/mol. The van der Waals surface area contributed by atoms with Gasteiger partial charge in [-0.25, -0.2) is 0 Å². The Morgan fingerprint density at radius 3 is 2.00 bits per heavy atom. The lowest BCUT2D eigenvalue weighted by Gasteiger charge is -1.95. The van der Waals surface area contributed by atoms with Crippen LogP contribution in [0.15, 0.2) is 24.9 Å². The van der Waals surface area contributed by atoms with E-state index in [1.54, 1.807) is 6.92 Å². The zero-order valence-electron chi connectivity index (χ0n) is 6.90. The van der Waals surface area contributed by atoms with E-state index >= 15 is 0 Å². The van der Waals surface area contributed by atoms with Crippen molar-refractivity contribution < 1.29 is 4.79 Å². The molecule has 0 unspecified atom stereocenters. The third-order valence-electron chi connectivity index (χ3n) is 0.522. The first-order chi connectivity index (χ1) is 4.66. The average molecular weight is 141 g/mol. The van der Waals surface area contributed by atoms with Crippen LogP contribution in [0.2, 0.25) is 0 Å². The Morgan fingerprint density at radius 2 is 1.90 bits per heavy atom. The average Bonchev–Trinajstić information content (AvgIpc) is 1.91. The smallest absolute Gasteiger partial charge is 0.247 e. The molecular formula is C8H15NO. The molecule has 0 aromatic carbocycles. The largest absolute Gasteiger partial charge is 0.327 e. The maximum absolute atomic E-state index is 10.3. The topological polar surface area (TPSA) is 29.1 Å². The fraction of sp³-hybridized carbons (Fsp3) is 0.375. The SMILES string of the molecule is C=CC(=O)NC(=C)C.CC. The molecular weight excluding hydrogens is 126 g/mol. The van der Waals surface area contributed by atoms with Crippen molar-refractivity contribution in [2.45, 2.75) is 20.8 Å². The summed E-state index contributed by atoms with van der Waals surface area (Å²) in [5.74, 6) is -0.211. The molecule has 0 atom stereocenters. The molecule has 0 aliphatic carbocycles. The van der Waals surface area contributed by atoms with Crippen LogP contribution in [0.4, 0.5) is 0 Å². The minimum atomic E-state index is -0.211. The predicted octanol–water partition coefficient (Wildman–Crippen LogP) is 1.85. The zero-order valence-corrected chi connectivity index (χ0v) is 6.90. The summed E-state index contributed by atoms with van der Waals surface area (Å²) in [5, 5.41) is 2.44. The molecule has 10 heavy (non-hydrogen) atoms. The van der Waals surface area contributed by atoms with Crippen LogP contribution < -0.4 is 5.32 Å². The zero-order chi connectivity index (χ0) is 8.57. The molecule has 0 aromatic heterocycles. The second-order valence-electron chi connectivity index (χ2n) is 1.47. The van der Waals surface area contributed by atoms with Gasteiger partial charge in [0.15, 0.2) is 0 Å². The summed E-state index contributed by atoms with van der Waals surface area (Å²) in [5.41, 5.74) is 0.634. The van der Waals surface area contributed by atoms with E-state index in [0.717, 1.165) is 0 Å². The molecule has 0 rings (SSSR count). The van der Waals surface area contributed by atoms with Gasteiger partial charge in [-0.2, -0.15) is 0 Å². The summed E-state index contributed by atoms with van der Waals surface area (Å²) in [4.78, 5) is 10.3. The lowest BCUT2D eigenvalue weighted by atomic mass is 10.5. The summed E-state index contributed by atoms with van der Waals surface area (Å²) in [6.07, 6.45) is 1.20. The maximum atomic E-state index is 10.3. The van der Waals surface area contributed by atoms with E-state index in [9.17, 15) is 4.79 Å². The van der Waals surface area contributed by atoms with Crippen LogP contribution in [0, 0.1) is 0 Å². The second-order valence-corrected chi connectivity index (χ2v) is 1.47. The molecule has 2 heteroatoms. The van der Waals surface area contributed by atoms with E-state index in [1.807, 2.05) is 13.8 Å². The molecule has 1 N–H and O–H groups in total. The van der Waals surface area contributed by atoms with Crippen molar-refractivity contribution in [3.8, 4) is 0 Å². The van der Waals surface area contributed by atoms with E-state index in [4.69, 9.17) is 0 Å². The van der Waals surface area contributed by atoms with Gasteiger partial charge in [0.25, 0.3) is 0 Å². The Kier molecular flexibility index (Phi) is 9.31. The minimum absolute atomic E-state index is 0.211. The number of amides is 1. The highest BCUT2D eigenvalue weighted by atomic mass is 16.1. The highest BCUT2D eigenvalue weighted by Crippen LogP contribution is 1.77. The lowest BCUT2D eigenvalue weighted by Crippen LogP contribution is -2.17. The second kappa shape index (κ2) is 7.95. The summed E-state index contributed by atoms with van der Waals surface area (Å²) in [6, 6.07) is 0. The number of carbonyl (C=O) groups is 1. The van der Waals surface area contributed by atoms with Crippen LogP contribution >= 0.6 is 0 Å². The van der Waals surface area contributed by atoms with Crippen molar-refractivity contribution in [3.05, 3.63) is 24.9 Å². The first-order valence-electron chi connectivity index (χ1n) is 3.25. The number of hydrogen-bond donors (Lipinski definition) is 1. The van der Waals surface area contributed by atoms with Gasteiger partial charge in [-0.1, -0.05) is 27.0 Å². The molecule has 0 bridgehead atoms. The van der Waals surface area contributed by atoms with Gasteiger partial charge in [-0.15, -0.1) is 0 Å². The first-order valence-corrected chi connectivity index (χ1v) is 3.25. The Morgan fingerprint density at radius 1 is 1.50 bits per heavy atom. The first kappa shape index (κ1) is 11.7. The summed E-state index contributed by atoms with van der Waals surface area (Å²) in [7, 11) is 0. The van der Waals surface area contributed by atoms with Gasteiger partial charge < -0.3 is 5.32 Å². The number of carbonyl (C=O) groups excluding carboxylic acids is 1. The quantitative estimate of drug-likeness (QED) is 0.584. The van der Waals surface area contributed by atoms with Crippen LogP contribution in [0.25, 0.3) is 0 Å². The van der Waals surface area contributed by atoms with Crippen molar-refractivity contribution >= 4 is 5.91 Å². The van der Waals surface area contributed by atoms with E-state index < -0.39 is 0 Å². The van der Waals surface area contributed by atoms with Crippen molar-refractivity contribution in [2.75, 3.05) is 0 Å². The molecule has 0 fully saturated rings. The third-order valence-corrected chi connectivity index (χ3v) is 0.522.